The van der Waals surface area contributed by atoms with Gasteiger partial charge in [0.15, 0.2) is 0 Å². The summed E-state index contributed by atoms with van der Waals surface area (Å²) < 4.78 is 7.15. The molecule has 3 heterocycles. The Kier molecular flexibility index (Phi) is 4.91. The molecule has 0 aliphatic carbocycles. The lowest BCUT2D eigenvalue weighted by Crippen LogP contribution is -2.31. The van der Waals surface area contributed by atoms with Gasteiger partial charge in [-0.15, -0.1) is 0 Å². The second kappa shape index (κ2) is 7.21. The minimum atomic E-state index is -0.0102. The van der Waals surface area contributed by atoms with E-state index in [-0.39, 0.29) is 5.41 Å². The third kappa shape index (κ3) is 4.14. The molecule has 3 aromatic rings. The Labute approximate surface area is 168 Å². The number of hydrogen-bond acceptors (Lipinski definition) is 4. The van der Waals surface area contributed by atoms with Crippen molar-refractivity contribution in [2.75, 3.05) is 6.54 Å². The summed E-state index contributed by atoms with van der Waals surface area (Å²) in [7, 11) is 0. The minimum Gasteiger partial charge on any atom is -0.460 e. The van der Waals surface area contributed by atoms with Crippen LogP contribution in [-0.4, -0.2) is 21.4 Å². The molecule has 0 radical (unpaired) electrons. The molecule has 27 heavy (non-hydrogen) atoms. The van der Waals surface area contributed by atoms with Crippen LogP contribution < -0.4 is 0 Å². The van der Waals surface area contributed by atoms with Crippen molar-refractivity contribution in [3.63, 3.8) is 0 Å². The topological polar surface area (TPSA) is 42.2 Å². The molecule has 0 atom stereocenters. The Hall–Kier alpha value is -1.98. The molecule has 0 unspecified atom stereocenters. The zero-order valence-corrected chi connectivity index (χ0v) is 17.6. The fraction of sp³-hybridized carbons (Fsp3) is 0.364. The van der Waals surface area contributed by atoms with Gasteiger partial charge >= 0.3 is 0 Å². The van der Waals surface area contributed by atoms with Gasteiger partial charge in [0.05, 0.1) is 6.54 Å². The van der Waals surface area contributed by atoms with Crippen molar-refractivity contribution >= 4 is 15.9 Å². The minimum absolute atomic E-state index is 0.0102. The number of benzene rings is 1. The maximum absolute atomic E-state index is 6.08. The van der Waals surface area contributed by atoms with Crippen LogP contribution in [0.2, 0.25) is 0 Å². The zero-order valence-electron chi connectivity index (χ0n) is 16.0. The van der Waals surface area contributed by atoms with Crippen LogP contribution in [-0.2, 0) is 24.9 Å². The molecule has 0 fully saturated rings. The lowest BCUT2D eigenvalue weighted by molar-refractivity contribution is 0.223. The Morgan fingerprint density at radius 1 is 1.11 bits per heavy atom. The predicted molar refractivity (Wildman–Crippen MR) is 110 cm³/mol. The number of rotatable bonds is 3. The lowest BCUT2D eigenvalue weighted by Gasteiger charge is -2.28. The van der Waals surface area contributed by atoms with Crippen LogP contribution in [0.25, 0.3) is 11.3 Å². The molecular weight excluding hydrogens is 402 g/mol. The largest absolute Gasteiger partial charge is 0.460 e. The van der Waals surface area contributed by atoms with Crippen molar-refractivity contribution in [2.24, 2.45) is 0 Å². The highest BCUT2D eigenvalue weighted by molar-refractivity contribution is 9.10. The Morgan fingerprint density at radius 2 is 1.89 bits per heavy atom. The molecule has 4 nitrogen and oxygen atoms in total. The smallest absolute Gasteiger partial charge is 0.134 e. The van der Waals surface area contributed by atoms with E-state index < -0.39 is 0 Å². The van der Waals surface area contributed by atoms with Gasteiger partial charge in [0.1, 0.15) is 17.3 Å². The van der Waals surface area contributed by atoms with Crippen LogP contribution in [0.4, 0.5) is 0 Å². The van der Waals surface area contributed by atoms with Gasteiger partial charge in [-0.25, -0.2) is 9.97 Å². The van der Waals surface area contributed by atoms with E-state index in [0.717, 1.165) is 53.4 Å². The number of furan rings is 1. The van der Waals surface area contributed by atoms with Gasteiger partial charge in [-0.05, 0) is 24.3 Å². The summed E-state index contributed by atoms with van der Waals surface area (Å²) in [5.41, 5.74) is 3.51. The summed E-state index contributed by atoms with van der Waals surface area (Å²) >= 11 is 3.47. The Balaban J connectivity index is 1.45. The SMILES string of the molecule is CC(C)(C)c1ncc2c(n1)CCN(Cc1ccc(-c3ccc(Br)cc3)o1)C2. The fourth-order valence-corrected chi connectivity index (χ4v) is 3.59. The molecule has 0 spiro atoms. The normalized spacial score (nSPS) is 15.0. The van der Waals surface area contributed by atoms with Crippen molar-refractivity contribution in [2.45, 2.75) is 45.7 Å². The second-order valence-electron chi connectivity index (χ2n) is 8.15. The number of hydrogen-bond donors (Lipinski definition) is 0. The molecule has 0 saturated heterocycles. The molecule has 140 valence electrons. The van der Waals surface area contributed by atoms with Crippen molar-refractivity contribution < 1.29 is 4.42 Å². The van der Waals surface area contributed by atoms with Gasteiger partial charge in [-0.1, -0.05) is 48.8 Å². The van der Waals surface area contributed by atoms with E-state index in [9.17, 15) is 0 Å². The summed E-state index contributed by atoms with van der Waals surface area (Å²) in [4.78, 5) is 11.8. The molecule has 4 rings (SSSR count). The average Bonchev–Trinajstić information content (AvgIpc) is 3.09. The highest BCUT2D eigenvalue weighted by Crippen LogP contribution is 2.26. The number of nitrogens with zero attached hydrogens (tertiary/aromatic N) is 3. The van der Waals surface area contributed by atoms with Crippen LogP contribution in [0.5, 0.6) is 0 Å². The molecule has 0 bridgehead atoms. The van der Waals surface area contributed by atoms with Gasteiger partial charge < -0.3 is 4.42 Å². The number of fused-ring (bicyclic) bond motifs is 1. The monoisotopic (exact) mass is 425 g/mol. The molecule has 1 aliphatic heterocycles. The van der Waals surface area contributed by atoms with E-state index in [0.29, 0.717) is 0 Å². The standard InChI is InChI=1S/C22H24BrN3O/c1-22(2,3)21-24-12-16-13-26(11-10-19(16)25-21)14-18-8-9-20(27-18)15-4-6-17(23)7-5-15/h4-9,12H,10-11,13-14H2,1-3H3. The van der Waals surface area contributed by atoms with Gasteiger partial charge in [-0.3, -0.25) is 4.90 Å². The van der Waals surface area contributed by atoms with E-state index in [2.05, 4.69) is 70.9 Å². The zero-order chi connectivity index (χ0) is 19.0. The van der Waals surface area contributed by atoms with Crippen LogP contribution >= 0.6 is 15.9 Å². The van der Waals surface area contributed by atoms with E-state index in [1.807, 2.05) is 18.3 Å². The molecule has 5 heteroatoms. The van der Waals surface area contributed by atoms with Crippen LogP contribution in [0, 0.1) is 0 Å². The van der Waals surface area contributed by atoms with E-state index in [1.165, 1.54) is 11.3 Å². The van der Waals surface area contributed by atoms with Gasteiger partial charge in [0.25, 0.3) is 0 Å². The van der Waals surface area contributed by atoms with E-state index in [1.54, 1.807) is 0 Å². The molecule has 0 saturated carbocycles. The van der Waals surface area contributed by atoms with Gasteiger partial charge in [0, 0.05) is 52.4 Å². The summed E-state index contributed by atoms with van der Waals surface area (Å²) in [5, 5.41) is 0. The van der Waals surface area contributed by atoms with Crippen molar-refractivity contribution in [3.05, 3.63) is 69.9 Å². The van der Waals surface area contributed by atoms with Crippen molar-refractivity contribution in [3.8, 4) is 11.3 Å². The first kappa shape index (κ1) is 18.4. The number of halogens is 1. The van der Waals surface area contributed by atoms with E-state index in [4.69, 9.17) is 9.40 Å². The van der Waals surface area contributed by atoms with Gasteiger partial charge in [0.2, 0.25) is 0 Å². The van der Waals surface area contributed by atoms with Crippen molar-refractivity contribution in [1.82, 2.24) is 14.9 Å². The molecular formula is C22H24BrN3O. The fourth-order valence-electron chi connectivity index (χ4n) is 3.32. The molecule has 2 aromatic heterocycles. The Bertz CT molecular complexity index is 941. The Morgan fingerprint density at radius 3 is 2.63 bits per heavy atom. The summed E-state index contributed by atoms with van der Waals surface area (Å²) in [6.45, 7) is 9.13. The third-order valence-corrected chi connectivity index (χ3v) is 5.38. The molecule has 0 amide bonds. The van der Waals surface area contributed by atoms with Crippen LogP contribution in [0.3, 0.4) is 0 Å². The van der Waals surface area contributed by atoms with E-state index >= 15 is 0 Å². The quantitative estimate of drug-likeness (QED) is 0.566. The summed E-state index contributed by atoms with van der Waals surface area (Å²) in [5.74, 6) is 2.83. The highest BCUT2D eigenvalue weighted by Gasteiger charge is 2.23. The molecule has 1 aromatic carbocycles. The van der Waals surface area contributed by atoms with Crippen LogP contribution in [0.15, 0.2) is 51.5 Å². The first-order valence-corrected chi connectivity index (χ1v) is 10.1. The lowest BCUT2D eigenvalue weighted by atomic mass is 9.95. The highest BCUT2D eigenvalue weighted by atomic mass is 79.9. The first-order valence-electron chi connectivity index (χ1n) is 9.31. The average molecular weight is 426 g/mol. The van der Waals surface area contributed by atoms with Gasteiger partial charge in [-0.2, -0.15) is 0 Å². The maximum Gasteiger partial charge on any atom is 0.134 e. The first-order chi connectivity index (χ1) is 12.9. The summed E-state index contributed by atoms with van der Waals surface area (Å²) in [6, 6.07) is 12.3. The predicted octanol–water partition coefficient (Wildman–Crippen LogP) is 5.35. The second-order valence-corrected chi connectivity index (χ2v) is 9.06. The van der Waals surface area contributed by atoms with Crippen LogP contribution in [0.1, 0.15) is 43.6 Å². The molecule has 1 aliphatic rings. The summed E-state index contributed by atoms with van der Waals surface area (Å²) in [6.07, 6.45) is 2.96. The third-order valence-electron chi connectivity index (χ3n) is 4.85. The number of aromatic nitrogens is 2. The molecule has 0 N–H and O–H groups in total. The van der Waals surface area contributed by atoms with Crippen molar-refractivity contribution in [1.29, 1.82) is 0 Å². The maximum atomic E-state index is 6.08.